The number of nitrogens with one attached hydrogen (secondary N) is 1. The van der Waals surface area contributed by atoms with Crippen LogP contribution in [0.4, 0.5) is 4.39 Å². The Kier molecular flexibility index (Phi) is 3.86. The summed E-state index contributed by atoms with van der Waals surface area (Å²) in [6.45, 7) is 0.318. The summed E-state index contributed by atoms with van der Waals surface area (Å²) in [5.41, 5.74) is 3.44. The Labute approximate surface area is 147 Å². The van der Waals surface area contributed by atoms with Crippen LogP contribution < -0.4 is 5.56 Å². The highest BCUT2D eigenvalue weighted by Gasteiger charge is 2.06. The molecule has 2 heterocycles. The molecule has 0 aliphatic heterocycles. The van der Waals surface area contributed by atoms with E-state index in [2.05, 4.69) is 10.2 Å². The topological polar surface area (TPSA) is 50.7 Å². The summed E-state index contributed by atoms with van der Waals surface area (Å²) in [4.78, 5) is 12.2. The summed E-state index contributed by atoms with van der Waals surface area (Å²) >= 11 is 5.82. The quantitative estimate of drug-likeness (QED) is 0.599. The molecule has 4 nitrogen and oxygen atoms in total. The summed E-state index contributed by atoms with van der Waals surface area (Å²) in [5, 5.41) is 8.03. The number of nitrogens with zero attached hydrogens (tertiary/aromatic N) is 2. The highest BCUT2D eigenvalue weighted by Crippen LogP contribution is 2.23. The zero-order valence-electron chi connectivity index (χ0n) is 13.0. The van der Waals surface area contributed by atoms with Crippen LogP contribution in [0.1, 0.15) is 5.56 Å². The van der Waals surface area contributed by atoms with Crippen molar-refractivity contribution in [2.24, 2.45) is 0 Å². The number of halogens is 2. The average molecular weight is 354 g/mol. The van der Waals surface area contributed by atoms with Gasteiger partial charge >= 0.3 is 0 Å². The zero-order valence-corrected chi connectivity index (χ0v) is 13.8. The van der Waals surface area contributed by atoms with E-state index in [0.29, 0.717) is 6.54 Å². The van der Waals surface area contributed by atoms with E-state index in [1.807, 2.05) is 18.2 Å². The van der Waals surface area contributed by atoms with Crippen molar-refractivity contribution in [3.63, 3.8) is 0 Å². The number of hydrogen-bond donors (Lipinski definition) is 1. The molecule has 0 atom stereocenters. The highest BCUT2D eigenvalue weighted by molar-refractivity contribution is 6.30. The minimum atomic E-state index is -0.473. The van der Waals surface area contributed by atoms with Crippen LogP contribution in [-0.4, -0.2) is 14.8 Å². The van der Waals surface area contributed by atoms with Gasteiger partial charge in [-0.2, -0.15) is 5.10 Å². The third kappa shape index (κ3) is 3.06. The van der Waals surface area contributed by atoms with Crippen LogP contribution in [-0.2, 0) is 6.54 Å². The summed E-state index contributed by atoms with van der Waals surface area (Å²) in [5.74, 6) is -0.473. The Balaban J connectivity index is 1.72. The van der Waals surface area contributed by atoms with E-state index in [-0.39, 0.29) is 10.6 Å². The molecule has 1 N–H and O–H groups in total. The number of rotatable bonds is 3. The Morgan fingerprint density at radius 1 is 1.08 bits per heavy atom. The van der Waals surface area contributed by atoms with Crippen molar-refractivity contribution in [3.8, 4) is 11.1 Å². The lowest BCUT2D eigenvalue weighted by Crippen LogP contribution is -2.19. The van der Waals surface area contributed by atoms with E-state index in [0.717, 1.165) is 27.6 Å². The minimum Gasteiger partial charge on any atom is -0.310 e. The van der Waals surface area contributed by atoms with Gasteiger partial charge in [-0.15, -0.1) is 0 Å². The monoisotopic (exact) mass is 353 g/mol. The summed E-state index contributed by atoms with van der Waals surface area (Å²) in [6, 6.07) is 13.7. The third-order valence-corrected chi connectivity index (χ3v) is 4.39. The van der Waals surface area contributed by atoms with Crippen LogP contribution >= 0.6 is 11.6 Å². The SMILES string of the molecule is O=c1ccc(-c2ccc3cn[nH]c3c2)cn1Cc1ccc(F)c(Cl)c1. The molecule has 6 heteroatoms. The fourth-order valence-corrected chi connectivity index (χ4v) is 2.98. The van der Waals surface area contributed by atoms with E-state index in [9.17, 15) is 9.18 Å². The van der Waals surface area contributed by atoms with E-state index in [1.54, 1.807) is 29.1 Å². The Morgan fingerprint density at radius 3 is 2.76 bits per heavy atom. The third-order valence-electron chi connectivity index (χ3n) is 4.10. The predicted molar refractivity (Wildman–Crippen MR) is 96.3 cm³/mol. The fourth-order valence-electron chi connectivity index (χ4n) is 2.78. The first kappa shape index (κ1) is 15.6. The molecule has 0 unspecified atom stereocenters. The molecular weight excluding hydrogens is 341 g/mol. The lowest BCUT2D eigenvalue weighted by molar-refractivity contribution is 0.626. The lowest BCUT2D eigenvalue weighted by Gasteiger charge is -2.09. The molecule has 0 fully saturated rings. The normalized spacial score (nSPS) is 11.1. The van der Waals surface area contributed by atoms with Gasteiger partial charge in [-0.05, 0) is 41.0 Å². The van der Waals surface area contributed by atoms with Crippen molar-refractivity contribution in [3.05, 3.63) is 87.7 Å². The minimum absolute atomic E-state index is 0.0476. The standard InChI is InChI=1S/C19H13ClFN3O/c20-16-7-12(1-5-17(16)21)10-24-11-15(4-6-19(24)25)13-2-3-14-9-22-23-18(14)8-13/h1-9,11H,10H2,(H,22,23). The van der Waals surface area contributed by atoms with Crippen LogP contribution in [0.15, 0.2) is 65.7 Å². The van der Waals surface area contributed by atoms with E-state index in [1.165, 1.54) is 18.2 Å². The summed E-state index contributed by atoms with van der Waals surface area (Å²) < 4.78 is 14.9. The molecule has 0 saturated carbocycles. The largest absolute Gasteiger partial charge is 0.310 e. The second-order valence-corrected chi connectivity index (χ2v) is 6.21. The van der Waals surface area contributed by atoms with Crippen LogP contribution in [0, 0.1) is 5.82 Å². The van der Waals surface area contributed by atoms with Crippen LogP contribution in [0.5, 0.6) is 0 Å². The molecule has 4 aromatic rings. The molecule has 124 valence electrons. The van der Waals surface area contributed by atoms with Gasteiger partial charge in [0.2, 0.25) is 0 Å². The van der Waals surface area contributed by atoms with Gasteiger partial charge < -0.3 is 4.57 Å². The molecule has 2 aromatic carbocycles. The van der Waals surface area contributed by atoms with Gasteiger partial charge in [0.25, 0.3) is 5.56 Å². The Morgan fingerprint density at radius 2 is 1.92 bits per heavy atom. The molecule has 0 aliphatic carbocycles. The molecule has 25 heavy (non-hydrogen) atoms. The molecule has 0 bridgehead atoms. The second-order valence-electron chi connectivity index (χ2n) is 5.80. The maximum atomic E-state index is 13.3. The number of benzene rings is 2. The van der Waals surface area contributed by atoms with Gasteiger partial charge in [0, 0.05) is 17.6 Å². The first-order chi connectivity index (χ1) is 12.1. The van der Waals surface area contributed by atoms with Gasteiger partial charge in [-0.3, -0.25) is 9.89 Å². The Bertz CT molecular complexity index is 1130. The molecule has 0 amide bonds. The first-order valence-electron chi connectivity index (χ1n) is 7.68. The lowest BCUT2D eigenvalue weighted by atomic mass is 10.1. The summed E-state index contributed by atoms with van der Waals surface area (Å²) in [7, 11) is 0. The average Bonchev–Trinajstić information content (AvgIpc) is 3.08. The number of H-pyrrole nitrogens is 1. The van der Waals surface area contributed by atoms with Gasteiger partial charge in [0.15, 0.2) is 0 Å². The van der Waals surface area contributed by atoms with Gasteiger partial charge in [0.1, 0.15) is 5.82 Å². The second kappa shape index (κ2) is 6.18. The molecule has 0 saturated heterocycles. The molecule has 0 aliphatic rings. The van der Waals surface area contributed by atoms with Crippen LogP contribution in [0.25, 0.3) is 22.0 Å². The molecule has 4 rings (SSSR count). The number of hydrogen-bond acceptors (Lipinski definition) is 2. The van der Waals surface area contributed by atoms with Crippen LogP contribution in [0.3, 0.4) is 0 Å². The highest BCUT2D eigenvalue weighted by atomic mass is 35.5. The number of aromatic amines is 1. The number of pyridine rings is 1. The summed E-state index contributed by atoms with van der Waals surface area (Å²) in [6.07, 6.45) is 3.55. The number of fused-ring (bicyclic) bond motifs is 1. The Hall–Kier alpha value is -2.92. The molecule has 0 radical (unpaired) electrons. The molecule has 0 spiro atoms. The first-order valence-corrected chi connectivity index (χ1v) is 8.06. The molecular formula is C19H13ClFN3O. The van der Waals surface area contributed by atoms with Gasteiger partial charge in [-0.25, -0.2) is 4.39 Å². The molecule has 2 aromatic heterocycles. The maximum absolute atomic E-state index is 13.3. The van der Waals surface area contributed by atoms with Crippen LogP contribution in [0.2, 0.25) is 5.02 Å². The van der Waals surface area contributed by atoms with E-state index >= 15 is 0 Å². The van der Waals surface area contributed by atoms with Crippen molar-refractivity contribution in [2.45, 2.75) is 6.54 Å². The number of aromatic nitrogens is 3. The van der Waals surface area contributed by atoms with Gasteiger partial charge in [0.05, 0.1) is 23.3 Å². The van der Waals surface area contributed by atoms with Crippen molar-refractivity contribution >= 4 is 22.5 Å². The predicted octanol–water partition coefficient (Wildman–Crippen LogP) is 4.23. The van der Waals surface area contributed by atoms with Crippen molar-refractivity contribution in [1.82, 2.24) is 14.8 Å². The van der Waals surface area contributed by atoms with E-state index < -0.39 is 5.82 Å². The maximum Gasteiger partial charge on any atom is 0.250 e. The van der Waals surface area contributed by atoms with Gasteiger partial charge in [-0.1, -0.05) is 29.8 Å². The zero-order chi connectivity index (χ0) is 17.4. The fraction of sp³-hybridized carbons (Fsp3) is 0.0526. The smallest absolute Gasteiger partial charge is 0.250 e. The van der Waals surface area contributed by atoms with E-state index in [4.69, 9.17) is 11.6 Å². The van der Waals surface area contributed by atoms with Crippen molar-refractivity contribution in [1.29, 1.82) is 0 Å². The van der Waals surface area contributed by atoms with Crippen molar-refractivity contribution in [2.75, 3.05) is 0 Å². The van der Waals surface area contributed by atoms with Crippen molar-refractivity contribution < 1.29 is 4.39 Å².